The van der Waals surface area contributed by atoms with Gasteiger partial charge in [0.15, 0.2) is 0 Å². The van der Waals surface area contributed by atoms with E-state index in [1.807, 2.05) is 0 Å². The van der Waals surface area contributed by atoms with Gasteiger partial charge in [0.05, 0.1) is 0 Å². The van der Waals surface area contributed by atoms with E-state index in [4.69, 9.17) is 0 Å². The lowest BCUT2D eigenvalue weighted by molar-refractivity contribution is 0.467. The Morgan fingerprint density at radius 2 is 2.19 bits per heavy atom. The van der Waals surface area contributed by atoms with Crippen molar-refractivity contribution in [2.24, 2.45) is 0 Å². The molecule has 0 amide bonds. The van der Waals surface area contributed by atoms with Crippen LogP contribution in [0.3, 0.4) is 0 Å². The second-order valence-electron chi connectivity index (χ2n) is 2.99. The van der Waals surface area contributed by atoms with Crippen LogP contribution in [-0.4, -0.2) is 39.9 Å². The van der Waals surface area contributed by atoms with Crippen LogP contribution in [0.4, 0.5) is 0 Å². The molecule has 0 atom stereocenters. The zero-order valence-corrected chi connectivity index (χ0v) is 13.0. The number of hydrogen-bond donors (Lipinski definition) is 1. The van der Waals surface area contributed by atoms with Crippen LogP contribution in [0.15, 0.2) is 20.1 Å². The molecule has 1 N–H and O–H groups in total. The van der Waals surface area contributed by atoms with E-state index in [1.165, 1.54) is 15.6 Å². The highest BCUT2D eigenvalue weighted by Gasteiger charge is 2.23. The van der Waals surface area contributed by atoms with Gasteiger partial charge in [-0.25, -0.2) is 8.42 Å². The minimum absolute atomic E-state index is 0. The third-order valence-corrected chi connectivity index (χ3v) is 6.41. The fourth-order valence-corrected chi connectivity index (χ4v) is 4.67. The Labute approximate surface area is 115 Å². The molecule has 0 spiro atoms. The Bertz CT molecular complexity index is 421. The average Bonchev–Trinajstić information content (AvgIpc) is 2.61. The number of nitrogens with zero attached hydrogens (tertiary/aromatic N) is 1. The molecule has 4 nitrogen and oxygen atoms in total. The van der Waals surface area contributed by atoms with E-state index in [0.29, 0.717) is 21.8 Å². The van der Waals surface area contributed by atoms with E-state index >= 15 is 0 Å². The first-order chi connectivity index (χ1) is 7.00. The maximum atomic E-state index is 12.0. The molecule has 1 rings (SSSR count). The number of rotatable bonds is 5. The first-order valence-corrected chi connectivity index (χ1v) is 7.45. The van der Waals surface area contributed by atoms with Crippen molar-refractivity contribution >= 4 is 49.7 Å². The summed E-state index contributed by atoms with van der Waals surface area (Å²) in [6.45, 7) is 1.10. The van der Waals surface area contributed by atoms with E-state index in [1.54, 1.807) is 25.5 Å². The summed E-state index contributed by atoms with van der Waals surface area (Å²) in [5, 5.41) is 4.67. The lowest BCUT2D eigenvalue weighted by Gasteiger charge is -2.15. The molecule has 0 aliphatic rings. The molecule has 0 aromatic carbocycles. The predicted molar refractivity (Wildman–Crippen MR) is 73.0 cm³/mol. The zero-order chi connectivity index (χ0) is 11.5. The SMILES string of the molecule is CNCCN(C)S(=O)(=O)c1sccc1Br.Cl. The number of halogens is 2. The average molecular weight is 350 g/mol. The van der Waals surface area contributed by atoms with Crippen molar-refractivity contribution < 1.29 is 8.42 Å². The summed E-state index contributed by atoms with van der Waals surface area (Å²) in [4.78, 5) is 0. The summed E-state index contributed by atoms with van der Waals surface area (Å²) in [7, 11) is 0.0418. The highest BCUT2D eigenvalue weighted by molar-refractivity contribution is 9.10. The molecule has 1 aromatic rings. The third-order valence-electron chi connectivity index (χ3n) is 1.91. The molecule has 0 bridgehead atoms. The molecule has 16 heavy (non-hydrogen) atoms. The monoisotopic (exact) mass is 348 g/mol. The maximum Gasteiger partial charge on any atom is 0.253 e. The fraction of sp³-hybridized carbons (Fsp3) is 0.500. The van der Waals surface area contributed by atoms with Crippen LogP contribution < -0.4 is 5.32 Å². The topological polar surface area (TPSA) is 49.4 Å². The predicted octanol–water partition coefficient (Wildman–Crippen LogP) is 1.77. The maximum absolute atomic E-state index is 12.0. The van der Waals surface area contributed by atoms with E-state index in [2.05, 4.69) is 21.2 Å². The van der Waals surface area contributed by atoms with Gasteiger partial charge in [-0.1, -0.05) is 0 Å². The summed E-state index contributed by atoms with van der Waals surface area (Å²) in [6, 6.07) is 1.74. The van der Waals surface area contributed by atoms with Gasteiger partial charge in [0.2, 0.25) is 0 Å². The molecule has 0 saturated heterocycles. The normalized spacial score (nSPS) is 11.5. The van der Waals surface area contributed by atoms with Crippen molar-refractivity contribution in [2.75, 3.05) is 27.2 Å². The molecule has 0 saturated carbocycles. The zero-order valence-electron chi connectivity index (χ0n) is 8.94. The fourth-order valence-electron chi connectivity index (χ4n) is 0.995. The summed E-state index contributed by atoms with van der Waals surface area (Å²) < 4.78 is 26.3. The van der Waals surface area contributed by atoms with Gasteiger partial charge in [0.1, 0.15) is 4.21 Å². The van der Waals surface area contributed by atoms with Gasteiger partial charge in [-0.15, -0.1) is 23.7 Å². The molecule has 8 heteroatoms. The summed E-state index contributed by atoms with van der Waals surface area (Å²) >= 11 is 4.45. The molecule has 0 aliphatic carbocycles. The highest BCUT2D eigenvalue weighted by atomic mass is 79.9. The van der Waals surface area contributed by atoms with Gasteiger partial charge < -0.3 is 5.32 Å². The van der Waals surface area contributed by atoms with Crippen LogP contribution in [0, 0.1) is 0 Å². The Hall–Kier alpha value is 0.340. The van der Waals surface area contributed by atoms with Crippen LogP contribution in [0.25, 0.3) is 0 Å². The minimum Gasteiger partial charge on any atom is -0.318 e. The quantitative estimate of drug-likeness (QED) is 0.881. The lowest BCUT2D eigenvalue weighted by atomic mass is 10.6. The van der Waals surface area contributed by atoms with E-state index < -0.39 is 10.0 Å². The lowest BCUT2D eigenvalue weighted by Crippen LogP contribution is -2.32. The van der Waals surface area contributed by atoms with Gasteiger partial charge in [-0.2, -0.15) is 4.31 Å². The smallest absolute Gasteiger partial charge is 0.253 e. The number of nitrogens with one attached hydrogen (secondary N) is 1. The van der Waals surface area contributed by atoms with Crippen molar-refractivity contribution in [1.29, 1.82) is 0 Å². The molecule has 0 fully saturated rings. The van der Waals surface area contributed by atoms with E-state index in [9.17, 15) is 8.42 Å². The molecule has 0 unspecified atom stereocenters. The molecule has 94 valence electrons. The summed E-state index contributed by atoms with van der Waals surface area (Å²) in [6.07, 6.45) is 0. The van der Waals surface area contributed by atoms with Crippen molar-refractivity contribution in [2.45, 2.75) is 4.21 Å². The number of thiophene rings is 1. The largest absolute Gasteiger partial charge is 0.318 e. The Morgan fingerprint density at radius 3 is 2.62 bits per heavy atom. The Morgan fingerprint density at radius 1 is 1.56 bits per heavy atom. The van der Waals surface area contributed by atoms with Crippen molar-refractivity contribution in [3.05, 3.63) is 15.9 Å². The number of sulfonamides is 1. The first kappa shape index (κ1) is 16.3. The minimum atomic E-state index is -3.33. The van der Waals surface area contributed by atoms with Gasteiger partial charge in [-0.05, 0) is 34.4 Å². The summed E-state index contributed by atoms with van der Waals surface area (Å²) in [5.41, 5.74) is 0. The molecule has 0 aliphatic heterocycles. The van der Waals surface area contributed by atoms with E-state index in [0.717, 1.165) is 0 Å². The summed E-state index contributed by atoms with van der Waals surface area (Å²) in [5.74, 6) is 0. The number of hydrogen-bond acceptors (Lipinski definition) is 4. The molecule has 1 aromatic heterocycles. The first-order valence-electron chi connectivity index (χ1n) is 4.34. The van der Waals surface area contributed by atoms with Crippen LogP contribution in [0.5, 0.6) is 0 Å². The van der Waals surface area contributed by atoms with Crippen molar-refractivity contribution in [3.8, 4) is 0 Å². The second-order valence-corrected chi connectivity index (χ2v) is 7.00. The molecular weight excluding hydrogens is 336 g/mol. The number of likely N-dealkylation sites (N-methyl/N-ethyl adjacent to an activating group) is 2. The Balaban J connectivity index is 0.00000225. The van der Waals surface area contributed by atoms with Crippen molar-refractivity contribution in [1.82, 2.24) is 9.62 Å². The second kappa shape index (κ2) is 6.93. The van der Waals surface area contributed by atoms with Gasteiger partial charge in [0, 0.05) is 24.6 Å². The molecular formula is C8H14BrClN2O2S2. The Kier molecular flexibility index (Phi) is 7.07. The molecule has 1 heterocycles. The van der Waals surface area contributed by atoms with Crippen LogP contribution in [-0.2, 0) is 10.0 Å². The van der Waals surface area contributed by atoms with Crippen LogP contribution >= 0.6 is 39.7 Å². The van der Waals surface area contributed by atoms with Crippen LogP contribution in [0.1, 0.15) is 0 Å². The standard InChI is InChI=1S/C8H13BrN2O2S2.ClH/c1-10-4-5-11(2)15(12,13)8-7(9)3-6-14-8;/h3,6,10H,4-5H2,1-2H3;1H. The highest BCUT2D eigenvalue weighted by Crippen LogP contribution is 2.29. The molecule has 0 radical (unpaired) electrons. The van der Waals surface area contributed by atoms with Gasteiger partial charge >= 0.3 is 0 Å². The van der Waals surface area contributed by atoms with Gasteiger partial charge in [-0.3, -0.25) is 0 Å². The van der Waals surface area contributed by atoms with Crippen molar-refractivity contribution in [3.63, 3.8) is 0 Å². The third kappa shape index (κ3) is 3.68. The van der Waals surface area contributed by atoms with E-state index in [-0.39, 0.29) is 12.4 Å². The van der Waals surface area contributed by atoms with Gasteiger partial charge in [0.25, 0.3) is 10.0 Å². The van der Waals surface area contributed by atoms with Crippen LogP contribution in [0.2, 0.25) is 0 Å².